The Morgan fingerprint density at radius 2 is 1.16 bits per heavy atom. The third-order valence-corrected chi connectivity index (χ3v) is 12.1. The Morgan fingerprint density at radius 3 is 1.83 bits per heavy atom. The standard InChI is InChI=1S/C57H57N5O.Pt/c1-54(2,3)39-19-23-49-51(32-39)61(36-60(49)43-30-41(56(7,8)9)29-42(31-43)57(10,11)12)52-35-45(25-27-58-52)63-44-20-21-46-47-28-38(37-16-14-13-15-17-37)18-22-48(47)62(50(46)34-44)53-33-40(24-26-59-53)55(4,5)6;/h13-33H,1-12H3;/q-2;. The number of fused-ring (bicyclic) bond motifs is 4. The fourth-order valence-electron chi connectivity index (χ4n) is 8.22. The van der Waals surface area contributed by atoms with Gasteiger partial charge in [0, 0.05) is 38.5 Å². The van der Waals surface area contributed by atoms with E-state index in [1.54, 1.807) is 6.20 Å². The van der Waals surface area contributed by atoms with Crippen LogP contribution in [0.15, 0.2) is 128 Å². The summed E-state index contributed by atoms with van der Waals surface area (Å²) < 4.78 is 13.1. The van der Waals surface area contributed by atoms with E-state index in [-0.39, 0.29) is 42.7 Å². The van der Waals surface area contributed by atoms with Crippen molar-refractivity contribution in [2.75, 3.05) is 0 Å². The van der Waals surface area contributed by atoms with Gasteiger partial charge in [0.1, 0.15) is 5.82 Å². The Morgan fingerprint density at radius 1 is 0.516 bits per heavy atom. The molecule has 328 valence electrons. The first-order valence-corrected chi connectivity index (χ1v) is 22.0. The van der Waals surface area contributed by atoms with E-state index in [4.69, 9.17) is 14.7 Å². The van der Waals surface area contributed by atoms with Crippen molar-refractivity contribution < 1.29 is 30.4 Å². The van der Waals surface area contributed by atoms with Gasteiger partial charge in [-0.25, -0.2) is 4.98 Å². The van der Waals surface area contributed by atoms with Crippen LogP contribution < -0.4 is 9.30 Å². The Balaban J connectivity index is 0.00000560. The summed E-state index contributed by atoms with van der Waals surface area (Å²) in [7, 11) is 0. The van der Waals surface area contributed by atoms with Crippen LogP contribution in [0.25, 0.3) is 61.3 Å². The number of aromatic nitrogens is 5. The number of benzene rings is 5. The van der Waals surface area contributed by atoms with E-state index in [9.17, 15) is 0 Å². The number of rotatable bonds is 6. The zero-order chi connectivity index (χ0) is 44.6. The molecule has 0 spiro atoms. The molecule has 5 aromatic carbocycles. The molecule has 4 aromatic heterocycles. The monoisotopic (exact) mass is 1020 g/mol. The summed E-state index contributed by atoms with van der Waals surface area (Å²) in [4.78, 5) is 9.79. The Kier molecular flexibility index (Phi) is 11.4. The largest absolute Gasteiger partial charge is 0.522 e. The van der Waals surface area contributed by atoms with Crippen LogP contribution >= 0.6 is 0 Å². The maximum Gasteiger partial charge on any atom is 0.269 e. The number of hydrogen-bond donors (Lipinski definition) is 0. The first kappa shape index (κ1) is 44.8. The third-order valence-electron chi connectivity index (χ3n) is 12.1. The van der Waals surface area contributed by atoms with Crippen molar-refractivity contribution in [1.82, 2.24) is 19.1 Å². The van der Waals surface area contributed by atoms with Crippen molar-refractivity contribution >= 4 is 32.8 Å². The molecule has 0 aliphatic rings. The van der Waals surface area contributed by atoms with Crippen LogP contribution in [0.5, 0.6) is 11.5 Å². The molecule has 7 heteroatoms. The van der Waals surface area contributed by atoms with Gasteiger partial charge in [0.2, 0.25) is 0 Å². The number of ether oxygens (including phenoxy) is 1. The first-order valence-electron chi connectivity index (χ1n) is 22.0. The molecule has 0 saturated heterocycles. The van der Waals surface area contributed by atoms with Gasteiger partial charge < -0.3 is 9.30 Å². The zero-order valence-electron chi connectivity index (χ0n) is 39.1. The second-order valence-corrected chi connectivity index (χ2v) is 21.0. The predicted molar refractivity (Wildman–Crippen MR) is 258 cm³/mol. The first-order chi connectivity index (χ1) is 29.7. The van der Waals surface area contributed by atoms with Gasteiger partial charge in [0.25, 0.3) is 6.33 Å². The average molecular weight is 1020 g/mol. The number of hydrogen-bond acceptors (Lipinski definition) is 3. The van der Waals surface area contributed by atoms with Gasteiger partial charge in [-0.2, -0.15) is 18.2 Å². The summed E-state index contributed by atoms with van der Waals surface area (Å²) in [6.45, 7) is 27.0. The van der Waals surface area contributed by atoms with E-state index < -0.39 is 0 Å². The smallest absolute Gasteiger partial charge is 0.269 e. The summed E-state index contributed by atoms with van der Waals surface area (Å²) in [6.07, 6.45) is 7.39. The third kappa shape index (κ3) is 8.57. The average Bonchev–Trinajstić information content (AvgIpc) is 3.78. The van der Waals surface area contributed by atoms with Crippen LogP contribution in [0.2, 0.25) is 0 Å². The molecule has 9 rings (SSSR count). The molecule has 0 bridgehead atoms. The van der Waals surface area contributed by atoms with Crippen LogP contribution in [0.1, 0.15) is 105 Å². The van der Waals surface area contributed by atoms with Crippen LogP contribution in [0, 0.1) is 18.5 Å². The van der Waals surface area contributed by atoms with Crippen molar-refractivity contribution in [3.8, 4) is 39.9 Å². The summed E-state index contributed by atoms with van der Waals surface area (Å²) in [5, 5.41) is 2.19. The molecule has 6 nitrogen and oxygen atoms in total. The molecule has 0 amide bonds. The maximum absolute atomic E-state index is 6.68. The van der Waals surface area contributed by atoms with Gasteiger partial charge in [-0.1, -0.05) is 155 Å². The van der Waals surface area contributed by atoms with E-state index in [1.807, 2.05) is 22.9 Å². The molecular weight excluding hydrogens is 966 g/mol. The Labute approximate surface area is 393 Å². The molecule has 4 heterocycles. The second kappa shape index (κ2) is 16.3. The fourth-order valence-corrected chi connectivity index (χ4v) is 8.22. The van der Waals surface area contributed by atoms with Gasteiger partial charge in [-0.15, -0.1) is 17.5 Å². The summed E-state index contributed by atoms with van der Waals surface area (Å²) >= 11 is 0. The number of nitrogens with zero attached hydrogens (tertiary/aromatic N) is 5. The van der Waals surface area contributed by atoms with E-state index in [1.165, 1.54) is 27.8 Å². The van der Waals surface area contributed by atoms with E-state index >= 15 is 0 Å². The summed E-state index contributed by atoms with van der Waals surface area (Å²) in [5.74, 6) is 2.50. The Bertz CT molecular complexity index is 3150. The van der Waals surface area contributed by atoms with Crippen LogP contribution in [-0.2, 0) is 42.7 Å². The molecule has 0 N–H and O–H groups in total. The summed E-state index contributed by atoms with van der Waals surface area (Å²) in [5.41, 5.74) is 12.1. The predicted octanol–water partition coefficient (Wildman–Crippen LogP) is 13.8. The van der Waals surface area contributed by atoms with E-state index in [0.29, 0.717) is 17.3 Å². The zero-order valence-corrected chi connectivity index (χ0v) is 41.4. The van der Waals surface area contributed by atoms with Gasteiger partial charge in [-0.05, 0) is 103 Å². The topological polar surface area (TPSA) is 48.8 Å². The van der Waals surface area contributed by atoms with Gasteiger partial charge in [-0.3, -0.25) is 14.1 Å². The summed E-state index contributed by atoms with van der Waals surface area (Å²) in [6, 6.07) is 48.2. The van der Waals surface area contributed by atoms with Crippen molar-refractivity contribution in [2.45, 2.75) is 105 Å². The van der Waals surface area contributed by atoms with Gasteiger partial charge >= 0.3 is 0 Å². The minimum atomic E-state index is -0.0641. The molecule has 0 saturated carbocycles. The quantitative estimate of drug-likeness (QED) is 0.123. The minimum Gasteiger partial charge on any atom is -0.522 e. The van der Waals surface area contributed by atoms with Gasteiger partial charge in [0.15, 0.2) is 0 Å². The maximum atomic E-state index is 6.68. The molecule has 0 aliphatic carbocycles. The normalized spacial score (nSPS) is 12.6. The van der Waals surface area contributed by atoms with E-state index in [0.717, 1.165) is 49.9 Å². The van der Waals surface area contributed by atoms with Crippen LogP contribution in [0.4, 0.5) is 0 Å². The molecule has 0 aliphatic heterocycles. The van der Waals surface area contributed by atoms with Crippen LogP contribution in [-0.4, -0.2) is 19.1 Å². The van der Waals surface area contributed by atoms with E-state index in [2.05, 4.69) is 214 Å². The van der Waals surface area contributed by atoms with Crippen molar-refractivity contribution in [3.63, 3.8) is 0 Å². The minimum absolute atomic E-state index is 0. The second-order valence-electron chi connectivity index (χ2n) is 21.0. The van der Waals surface area contributed by atoms with Crippen molar-refractivity contribution in [2.24, 2.45) is 0 Å². The molecule has 0 unspecified atom stereocenters. The molecular formula is C57H57N5OPt-2. The molecule has 0 radical (unpaired) electrons. The molecule has 9 aromatic rings. The van der Waals surface area contributed by atoms with Gasteiger partial charge in [0.05, 0.1) is 22.5 Å². The van der Waals surface area contributed by atoms with Crippen LogP contribution in [0.3, 0.4) is 0 Å². The molecule has 0 fully saturated rings. The number of imidazole rings is 1. The van der Waals surface area contributed by atoms with Crippen molar-refractivity contribution in [1.29, 1.82) is 0 Å². The molecule has 0 atom stereocenters. The van der Waals surface area contributed by atoms with Crippen molar-refractivity contribution in [3.05, 3.63) is 168 Å². The SMILES string of the molecule is CC(C)(C)c1cc(-[n+]2[c-]n(-c3[c-]c(Oc4[c-]c5c(cc4)c4cc(-c6ccccc6)ccc4n5-c4cc(C(C)(C)C)ccn4)ccn3)c3cc(C(C)(C)C)ccc32)cc(C(C)(C)C)c1.[Pt]. The Hall–Kier alpha value is -5.84. The number of pyridine rings is 2. The molecule has 64 heavy (non-hydrogen) atoms. The fraction of sp³-hybridized carbons (Fsp3) is 0.281.